The Labute approximate surface area is 200 Å². The fourth-order valence-corrected chi connectivity index (χ4v) is 5.60. The van der Waals surface area contributed by atoms with Crippen LogP contribution in [0, 0.1) is 25.6 Å². The lowest BCUT2D eigenvalue weighted by Crippen LogP contribution is -2.23. The van der Waals surface area contributed by atoms with E-state index in [0.29, 0.717) is 11.6 Å². The summed E-state index contributed by atoms with van der Waals surface area (Å²) in [6, 6.07) is 5.51. The minimum absolute atomic E-state index is 0.0363. The quantitative estimate of drug-likeness (QED) is 0.429. The second kappa shape index (κ2) is 7.29. The molecule has 0 radical (unpaired) electrons. The summed E-state index contributed by atoms with van der Waals surface area (Å²) >= 11 is 0. The number of hydrogen-bond acceptors (Lipinski definition) is 6. The van der Waals surface area contributed by atoms with Crippen molar-refractivity contribution in [2.45, 2.75) is 32.1 Å². The van der Waals surface area contributed by atoms with Crippen molar-refractivity contribution >= 4 is 5.65 Å². The molecule has 0 bridgehead atoms. The molecule has 1 aliphatic heterocycles. The van der Waals surface area contributed by atoms with Gasteiger partial charge in [0.2, 0.25) is 0 Å². The first-order chi connectivity index (χ1) is 17.0. The van der Waals surface area contributed by atoms with Crippen LogP contribution in [0.2, 0.25) is 0 Å². The van der Waals surface area contributed by atoms with Crippen molar-refractivity contribution in [3.05, 3.63) is 65.9 Å². The average Bonchev–Trinajstić information content (AvgIpc) is 3.15. The molecule has 5 aromatic heterocycles. The zero-order valence-corrected chi connectivity index (χ0v) is 19.4. The van der Waals surface area contributed by atoms with Crippen molar-refractivity contribution in [2.75, 3.05) is 13.2 Å². The number of pyridine rings is 1. The Bertz CT molecular complexity index is 1590. The van der Waals surface area contributed by atoms with Crippen LogP contribution in [0.5, 0.6) is 0 Å². The van der Waals surface area contributed by atoms with Crippen LogP contribution in [-0.4, -0.2) is 52.8 Å². The van der Waals surface area contributed by atoms with Gasteiger partial charge in [0.15, 0.2) is 5.65 Å². The molecule has 7 rings (SSSR count). The molecule has 1 saturated carbocycles. The van der Waals surface area contributed by atoms with Gasteiger partial charge in [0.25, 0.3) is 0 Å². The number of nitrogens with one attached hydrogen (secondary N) is 1. The van der Waals surface area contributed by atoms with E-state index >= 15 is 0 Å². The summed E-state index contributed by atoms with van der Waals surface area (Å²) in [4.78, 5) is 9.16. The molecule has 176 valence electrons. The largest absolute Gasteiger partial charge is 0.381 e. The number of aromatic nitrogens is 8. The molecule has 10 heteroatoms. The van der Waals surface area contributed by atoms with Crippen molar-refractivity contribution in [2.24, 2.45) is 5.92 Å². The van der Waals surface area contributed by atoms with Crippen LogP contribution >= 0.6 is 0 Å². The highest BCUT2D eigenvalue weighted by Crippen LogP contribution is 2.58. The lowest BCUT2D eigenvalue weighted by molar-refractivity contribution is 0.0795. The monoisotopic (exact) mass is 470 g/mol. The Morgan fingerprint density at radius 2 is 2.11 bits per heavy atom. The molecule has 2 atom stereocenters. The summed E-state index contributed by atoms with van der Waals surface area (Å²) in [7, 11) is 0. The van der Waals surface area contributed by atoms with Gasteiger partial charge >= 0.3 is 0 Å². The Morgan fingerprint density at radius 3 is 2.91 bits per heavy atom. The highest BCUT2D eigenvalue weighted by Gasteiger charge is 2.58. The molecule has 9 nitrogen and oxygen atoms in total. The molecule has 1 saturated heterocycles. The minimum atomic E-state index is -0.403. The van der Waals surface area contributed by atoms with Crippen LogP contribution in [-0.2, 0) is 10.2 Å². The van der Waals surface area contributed by atoms with E-state index in [1.54, 1.807) is 17.1 Å². The van der Waals surface area contributed by atoms with Crippen LogP contribution in [0.1, 0.15) is 29.9 Å². The summed E-state index contributed by atoms with van der Waals surface area (Å²) in [5.41, 5.74) is 7.76. The third kappa shape index (κ3) is 2.99. The van der Waals surface area contributed by atoms with Crippen molar-refractivity contribution in [3.63, 3.8) is 0 Å². The number of aryl methyl sites for hydroxylation is 1. The van der Waals surface area contributed by atoms with Gasteiger partial charge in [-0.25, -0.2) is 18.6 Å². The summed E-state index contributed by atoms with van der Waals surface area (Å²) < 4.78 is 23.3. The van der Waals surface area contributed by atoms with Crippen molar-refractivity contribution in [3.8, 4) is 28.2 Å². The molecule has 1 N–H and O–H groups in total. The predicted octanol–water partition coefficient (Wildman–Crippen LogP) is 3.80. The molecular formula is C25H23FN8O. The minimum Gasteiger partial charge on any atom is -0.381 e. The number of ether oxygens (including phenoxy) is 1. The number of aromatic amines is 1. The molecule has 2 fully saturated rings. The van der Waals surface area contributed by atoms with E-state index in [9.17, 15) is 4.39 Å². The third-order valence-electron chi connectivity index (χ3n) is 7.50. The summed E-state index contributed by atoms with van der Waals surface area (Å²) in [6.07, 6.45) is 8.38. The Balaban J connectivity index is 1.47. The number of hydrogen-bond donors (Lipinski definition) is 1. The first-order valence-electron chi connectivity index (χ1n) is 11.7. The molecule has 0 aromatic carbocycles. The molecule has 5 aromatic rings. The zero-order valence-electron chi connectivity index (χ0n) is 19.4. The Kier molecular flexibility index (Phi) is 4.26. The third-order valence-corrected chi connectivity index (χ3v) is 7.50. The highest BCUT2D eigenvalue weighted by molar-refractivity contribution is 5.78. The fraction of sp³-hybridized carbons (Fsp3) is 0.320. The molecule has 1 unspecified atom stereocenters. The van der Waals surface area contributed by atoms with Gasteiger partial charge in [0, 0.05) is 29.8 Å². The summed E-state index contributed by atoms with van der Waals surface area (Å²) in [6.45, 7) is 5.47. The standard InChI is InChI=1S/C25H23FN8O/c1-14-23(15(2)33(32-14)18-7-17(26)10-27-11-18)21-8-22(25-4-6-35-13-16(25)9-25)30-24-19(12-29-34(21)24)20-3-5-28-31-20/h3,5,7-8,10-12,16H,4,6,9,13H2,1-2H3,(H,28,31)/t16-,25?/m0/s1. The van der Waals surface area contributed by atoms with E-state index in [1.165, 1.54) is 12.3 Å². The average molecular weight is 471 g/mol. The number of fused-ring (bicyclic) bond motifs is 2. The fourth-order valence-electron chi connectivity index (χ4n) is 5.60. The van der Waals surface area contributed by atoms with Gasteiger partial charge < -0.3 is 4.74 Å². The number of halogens is 1. The topological polar surface area (TPSA) is 98.8 Å². The maximum atomic E-state index is 13.9. The van der Waals surface area contributed by atoms with Gasteiger partial charge in [-0.3, -0.25) is 10.1 Å². The van der Waals surface area contributed by atoms with Crippen molar-refractivity contribution in [1.82, 2.24) is 39.6 Å². The second-order valence-corrected chi connectivity index (χ2v) is 9.49. The zero-order chi connectivity index (χ0) is 23.7. The Hall–Kier alpha value is -3.92. The smallest absolute Gasteiger partial charge is 0.165 e. The maximum absolute atomic E-state index is 13.9. The van der Waals surface area contributed by atoms with E-state index < -0.39 is 5.82 Å². The number of rotatable bonds is 4. The van der Waals surface area contributed by atoms with Crippen molar-refractivity contribution in [1.29, 1.82) is 0 Å². The van der Waals surface area contributed by atoms with E-state index in [4.69, 9.17) is 19.9 Å². The van der Waals surface area contributed by atoms with Gasteiger partial charge in [0.1, 0.15) is 5.82 Å². The first kappa shape index (κ1) is 20.5. The van der Waals surface area contributed by atoms with Gasteiger partial charge in [-0.05, 0) is 44.7 Å². The lowest BCUT2D eigenvalue weighted by atomic mass is 9.92. The summed E-state index contributed by atoms with van der Waals surface area (Å²) in [5.74, 6) is 0.0840. The number of nitrogens with zero attached hydrogens (tertiary/aromatic N) is 7. The molecule has 1 aliphatic carbocycles. The molecular weight excluding hydrogens is 447 g/mol. The first-order valence-corrected chi connectivity index (χ1v) is 11.7. The van der Waals surface area contributed by atoms with Crippen LogP contribution in [0.4, 0.5) is 4.39 Å². The summed E-state index contributed by atoms with van der Waals surface area (Å²) in [5, 5.41) is 16.6. The second-order valence-electron chi connectivity index (χ2n) is 9.49. The van der Waals surface area contributed by atoms with E-state index in [1.807, 2.05) is 30.6 Å². The Morgan fingerprint density at radius 1 is 1.20 bits per heavy atom. The SMILES string of the molecule is Cc1nn(-c2cncc(F)c2)c(C)c1-c1cc(C23CCOC[C@@H]2C3)nc2c(-c3ccn[nH]3)cnn12. The van der Waals surface area contributed by atoms with Crippen LogP contribution < -0.4 is 0 Å². The van der Waals surface area contributed by atoms with Gasteiger partial charge in [-0.15, -0.1) is 0 Å². The maximum Gasteiger partial charge on any atom is 0.165 e. The van der Waals surface area contributed by atoms with Crippen LogP contribution in [0.15, 0.2) is 43.0 Å². The normalized spacial score (nSPS) is 21.4. The highest BCUT2D eigenvalue weighted by atomic mass is 19.1. The molecule has 0 amide bonds. The molecule has 0 spiro atoms. The van der Waals surface area contributed by atoms with E-state index in [2.05, 4.69) is 21.2 Å². The van der Waals surface area contributed by atoms with E-state index in [-0.39, 0.29) is 5.41 Å². The van der Waals surface area contributed by atoms with Gasteiger partial charge in [-0.1, -0.05) is 0 Å². The van der Waals surface area contributed by atoms with Crippen LogP contribution in [0.3, 0.4) is 0 Å². The van der Waals surface area contributed by atoms with Crippen molar-refractivity contribution < 1.29 is 9.13 Å². The number of H-pyrrole nitrogens is 1. The molecule has 35 heavy (non-hydrogen) atoms. The molecule has 2 aliphatic rings. The van der Waals surface area contributed by atoms with E-state index in [0.717, 1.165) is 71.3 Å². The predicted molar refractivity (Wildman–Crippen MR) is 126 cm³/mol. The van der Waals surface area contributed by atoms with Crippen LogP contribution in [0.25, 0.3) is 33.8 Å². The van der Waals surface area contributed by atoms with Gasteiger partial charge in [0.05, 0.1) is 64.9 Å². The lowest BCUT2D eigenvalue weighted by Gasteiger charge is -2.23. The van der Waals surface area contributed by atoms with Gasteiger partial charge in [-0.2, -0.15) is 15.3 Å². The molecule has 6 heterocycles.